The van der Waals surface area contributed by atoms with Crippen molar-refractivity contribution in [3.8, 4) is 11.5 Å². The molecule has 2 N–H and O–H groups in total. The molecule has 26 heavy (non-hydrogen) atoms. The summed E-state index contributed by atoms with van der Waals surface area (Å²) in [7, 11) is 1.62. The quantitative estimate of drug-likeness (QED) is 0.645. The van der Waals surface area contributed by atoms with Gasteiger partial charge in [-0.05, 0) is 55.2 Å². The number of ether oxygens (including phenoxy) is 2. The van der Waals surface area contributed by atoms with Crippen LogP contribution in [-0.4, -0.2) is 32.8 Å². The summed E-state index contributed by atoms with van der Waals surface area (Å²) in [6.07, 6.45) is 1.52. The minimum absolute atomic E-state index is 0.155. The lowest BCUT2D eigenvalue weighted by Crippen LogP contribution is -2.37. The first-order chi connectivity index (χ1) is 12.6. The maximum atomic E-state index is 11.9. The molecule has 0 aromatic heterocycles. The van der Waals surface area contributed by atoms with Crippen LogP contribution in [0.25, 0.3) is 0 Å². The second-order valence-corrected chi connectivity index (χ2v) is 6.65. The van der Waals surface area contributed by atoms with Crippen LogP contribution in [0, 0.1) is 0 Å². The molecule has 140 valence electrons. The Balaban J connectivity index is 1.71. The maximum absolute atomic E-state index is 11.9. The van der Waals surface area contributed by atoms with Crippen LogP contribution in [0.5, 0.6) is 11.5 Å². The maximum Gasteiger partial charge on any atom is 0.314 e. The highest BCUT2D eigenvalue weighted by Crippen LogP contribution is 2.28. The molecule has 0 aliphatic carbocycles. The van der Waals surface area contributed by atoms with Gasteiger partial charge in [-0.2, -0.15) is 0 Å². The van der Waals surface area contributed by atoms with E-state index in [9.17, 15) is 4.79 Å². The zero-order chi connectivity index (χ0) is 18.8. The molecular formula is C20H25BrN2O3. The van der Waals surface area contributed by atoms with Crippen molar-refractivity contribution in [2.24, 2.45) is 0 Å². The molecule has 2 aromatic carbocycles. The molecule has 0 saturated carbocycles. The number of urea groups is 1. The normalized spacial score (nSPS) is 10.3. The van der Waals surface area contributed by atoms with Gasteiger partial charge in [0.2, 0.25) is 0 Å². The number of nitrogens with one attached hydrogen (secondary N) is 2. The summed E-state index contributed by atoms with van der Waals surface area (Å²) in [5, 5.41) is 5.75. The van der Waals surface area contributed by atoms with Crippen molar-refractivity contribution < 1.29 is 14.3 Å². The SMILES string of the molecule is CCOc1ccc(CCNC(=O)NCCc2cccc(Br)c2)cc1OC. The van der Waals surface area contributed by atoms with Crippen LogP contribution in [0.2, 0.25) is 0 Å². The van der Waals surface area contributed by atoms with Crippen LogP contribution in [0.1, 0.15) is 18.1 Å². The van der Waals surface area contributed by atoms with Gasteiger partial charge in [0.05, 0.1) is 13.7 Å². The van der Waals surface area contributed by atoms with Gasteiger partial charge in [-0.15, -0.1) is 0 Å². The Hall–Kier alpha value is -2.21. The smallest absolute Gasteiger partial charge is 0.314 e. The van der Waals surface area contributed by atoms with Gasteiger partial charge in [0.1, 0.15) is 0 Å². The van der Waals surface area contributed by atoms with Crippen molar-refractivity contribution in [1.29, 1.82) is 0 Å². The highest BCUT2D eigenvalue weighted by atomic mass is 79.9. The van der Waals surface area contributed by atoms with Gasteiger partial charge in [0, 0.05) is 17.6 Å². The largest absolute Gasteiger partial charge is 0.493 e. The molecular weight excluding hydrogens is 396 g/mol. The fourth-order valence-corrected chi connectivity index (χ4v) is 2.98. The summed E-state index contributed by atoms with van der Waals surface area (Å²) in [4.78, 5) is 11.9. The Morgan fingerprint density at radius 1 is 1.00 bits per heavy atom. The van der Waals surface area contributed by atoms with Crippen molar-refractivity contribution in [2.75, 3.05) is 26.8 Å². The van der Waals surface area contributed by atoms with Crippen LogP contribution < -0.4 is 20.1 Å². The predicted molar refractivity (Wildman–Crippen MR) is 107 cm³/mol. The molecule has 5 nitrogen and oxygen atoms in total. The zero-order valence-electron chi connectivity index (χ0n) is 15.2. The Kier molecular flexibility index (Phi) is 8.28. The summed E-state index contributed by atoms with van der Waals surface area (Å²) in [5.74, 6) is 1.44. The van der Waals surface area contributed by atoms with Crippen molar-refractivity contribution >= 4 is 22.0 Å². The fourth-order valence-electron chi connectivity index (χ4n) is 2.54. The van der Waals surface area contributed by atoms with Gasteiger partial charge in [-0.3, -0.25) is 0 Å². The molecule has 0 radical (unpaired) electrons. The summed E-state index contributed by atoms with van der Waals surface area (Å²) < 4.78 is 11.9. The van der Waals surface area contributed by atoms with Crippen LogP contribution in [0.3, 0.4) is 0 Å². The van der Waals surface area contributed by atoms with E-state index >= 15 is 0 Å². The van der Waals surface area contributed by atoms with Gasteiger partial charge in [-0.1, -0.05) is 34.1 Å². The molecule has 0 aliphatic heterocycles. The highest BCUT2D eigenvalue weighted by molar-refractivity contribution is 9.10. The van der Waals surface area contributed by atoms with Crippen molar-refractivity contribution in [3.63, 3.8) is 0 Å². The van der Waals surface area contributed by atoms with E-state index in [2.05, 4.69) is 32.6 Å². The number of methoxy groups -OCH3 is 1. The first kappa shape index (κ1) is 20.1. The Labute approximate surface area is 163 Å². The van der Waals surface area contributed by atoms with Crippen LogP contribution in [-0.2, 0) is 12.8 Å². The summed E-state index contributed by atoms with van der Waals surface area (Å²) >= 11 is 3.45. The number of hydrogen-bond acceptors (Lipinski definition) is 3. The molecule has 0 unspecified atom stereocenters. The number of halogens is 1. The Morgan fingerprint density at radius 3 is 2.31 bits per heavy atom. The third-order valence-corrected chi connectivity index (χ3v) is 4.31. The van der Waals surface area contributed by atoms with Gasteiger partial charge in [0.25, 0.3) is 0 Å². The van der Waals surface area contributed by atoms with Crippen LogP contribution in [0.15, 0.2) is 46.9 Å². The average molecular weight is 421 g/mol. The number of rotatable bonds is 9. The minimum atomic E-state index is -0.155. The van der Waals surface area contributed by atoms with Crippen LogP contribution >= 0.6 is 15.9 Å². The predicted octanol–water partition coefficient (Wildman–Crippen LogP) is 3.94. The van der Waals surface area contributed by atoms with Crippen molar-refractivity contribution in [1.82, 2.24) is 10.6 Å². The second-order valence-electron chi connectivity index (χ2n) is 5.73. The number of hydrogen-bond donors (Lipinski definition) is 2. The third-order valence-electron chi connectivity index (χ3n) is 3.82. The van der Waals surface area contributed by atoms with E-state index in [4.69, 9.17) is 9.47 Å². The summed E-state index contributed by atoms with van der Waals surface area (Å²) in [5.41, 5.74) is 2.26. The molecule has 2 amide bonds. The van der Waals surface area contributed by atoms with Crippen LogP contribution in [0.4, 0.5) is 4.79 Å². The number of carbonyl (C=O) groups excluding carboxylic acids is 1. The lowest BCUT2D eigenvalue weighted by molar-refractivity contribution is 0.241. The van der Waals surface area contributed by atoms with Crippen molar-refractivity contribution in [3.05, 3.63) is 58.1 Å². The van der Waals surface area contributed by atoms with Gasteiger partial charge >= 0.3 is 6.03 Å². The molecule has 2 aromatic rings. The van der Waals surface area contributed by atoms with E-state index in [1.807, 2.05) is 43.3 Å². The summed E-state index contributed by atoms with van der Waals surface area (Å²) in [6.45, 7) is 3.68. The molecule has 0 fully saturated rings. The Bertz CT molecular complexity index is 722. The van der Waals surface area contributed by atoms with E-state index in [0.717, 1.165) is 28.6 Å². The molecule has 0 bridgehead atoms. The third kappa shape index (κ3) is 6.59. The Morgan fingerprint density at radius 2 is 1.69 bits per heavy atom. The molecule has 0 atom stereocenters. The first-order valence-corrected chi connectivity index (χ1v) is 9.47. The summed E-state index contributed by atoms with van der Waals surface area (Å²) in [6, 6.07) is 13.7. The van der Waals surface area contributed by atoms with E-state index in [0.29, 0.717) is 25.4 Å². The number of carbonyl (C=O) groups is 1. The fraction of sp³-hybridized carbons (Fsp3) is 0.350. The monoisotopic (exact) mass is 420 g/mol. The lowest BCUT2D eigenvalue weighted by atomic mass is 10.1. The van der Waals surface area contributed by atoms with Gasteiger partial charge in [-0.25, -0.2) is 4.79 Å². The molecule has 0 aliphatic rings. The van der Waals surface area contributed by atoms with Gasteiger partial charge in [0.15, 0.2) is 11.5 Å². The molecule has 0 heterocycles. The van der Waals surface area contributed by atoms with E-state index in [1.165, 1.54) is 5.56 Å². The lowest BCUT2D eigenvalue weighted by Gasteiger charge is -2.11. The van der Waals surface area contributed by atoms with Crippen molar-refractivity contribution in [2.45, 2.75) is 19.8 Å². The average Bonchev–Trinajstić information content (AvgIpc) is 2.63. The first-order valence-electron chi connectivity index (χ1n) is 8.68. The van der Waals surface area contributed by atoms with Gasteiger partial charge < -0.3 is 20.1 Å². The van der Waals surface area contributed by atoms with E-state index in [-0.39, 0.29) is 6.03 Å². The topological polar surface area (TPSA) is 59.6 Å². The van der Waals surface area contributed by atoms with E-state index in [1.54, 1.807) is 7.11 Å². The molecule has 0 spiro atoms. The number of amides is 2. The van der Waals surface area contributed by atoms with E-state index < -0.39 is 0 Å². The minimum Gasteiger partial charge on any atom is -0.493 e. The zero-order valence-corrected chi connectivity index (χ0v) is 16.8. The molecule has 6 heteroatoms. The number of benzene rings is 2. The standard InChI is InChI=1S/C20H25BrN2O3/c1-3-26-18-8-7-16(14-19(18)25-2)10-12-23-20(24)22-11-9-15-5-4-6-17(21)13-15/h4-8,13-14H,3,9-12H2,1-2H3,(H2,22,23,24). The molecule has 0 saturated heterocycles. The second kappa shape index (κ2) is 10.7. The highest BCUT2D eigenvalue weighted by Gasteiger charge is 2.06. The molecule has 2 rings (SSSR count).